The smallest absolute Gasteiger partial charge is 0.201 e. The van der Waals surface area contributed by atoms with E-state index in [1.165, 1.54) is 57.8 Å². The molecule has 1 aromatic carbocycles. The van der Waals surface area contributed by atoms with Crippen LogP contribution >= 0.6 is 0 Å². The molecule has 0 radical (unpaired) electrons. The average molecular weight is 525 g/mol. The maximum absolute atomic E-state index is 14.8. The van der Waals surface area contributed by atoms with Crippen LogP contribution < -0.4 is 4.74 Å². The van der Waals surface area contributed by atoms with E-state index in [4.69, 9.17) is 4.74 Å². The Hall–Kier alpha value is -1.90. The molecule has 0 aromatic heterocycles. The van der Waals surface area contributed by atoms with Crippen molar-refractivity contribution in [2.75, 3.05) is 6.61 Å². The Morgan fingerprint density at radius 2 is 1.53 bits per heavy atom. The van der Waals surface area contributed by atoms with Gasteiger partial charge in [0.05, 0.1) is 6.61 Å². The fraction of sp³-hybridized carbons (Fsp3) is 0.657. The summed E-state index contributed by atoms with van der Waals surface area (Å²) in [6.45, 7) is 4.69. The monoisotopic (exact) mass is 524 g/mol. The van der Waals surface area contributed by atoms with Crippen LogP contribution in [-0.4, -0.2) is 6.61 Å². The second-order valence-electron chi connectivity index (χ2n) is 12.2. The highest BCUT2D eigenvalue weighted by Crippen LogP contribution is 2.43. The minimum absolute atomic E-state index is 0.0270. The molecule has 0 aliphatic heterocycles. The Balaban J connectivity index is 1.20. The van der Waals surface area contributed by atoms with Crippen molar-refractivity contribution in [3.05, 3.63) is 59.7 Å². The summed E-state index contributed by atoms with van der Waals surface area (Å²) in [5, 5.41) is 0. The van der Waals surface area contributed by atoms with Gasteiger partial charge >= 0.3 is 0 Å². The largest absolute Gasteiger partial charge is 0.490 e. The molecule has 1 aromatic rings. The number of hydrogen-bond donors (Lipinski definition) is 0. The van der Waals surface area contributed by atoms with E-state index in [-0.39, 0.29) is 5.75 Å². The van der Waals surface area contributed by atoms with Crippen LogP contribution in [0.5, 0.6) is 5.75 Å². The standard InChI is InChI=1S/C35H50F2O/c1-3-5-7-8-26-11-17-29(18-12-26)30-19-13-27(14-20-30)9-10-28-15-21-31(22-16-28)32-23-24-33(35(37)34(32)36)38-25-6-4-2/h5,7,9-10,21,23-24,26-30H,3-4,6,8,11-20,22,25H2,1-2H3/b7-5-,10-9+. The number of hydrogen-bond acceptors (Lipinski definition) is 1. The number of benzene rings is 1. The van der Waals surface area contributed by atoms with Crippen LogP contribution in [0.3, 0.4) is 0 Å². The SMILES string of the molecule is CC/C=C\CC1CCC(C2CCC(/C=C/C3CC=C(c4ccc(OCCCC)c(F)c4F)CC3)CC2)CC1. The number of unbranched alkanes of at least 4 members (excludes halogenated alkanes) is 1. The van der Waals surface area contributed by atoms with Gasteiger partial charge in [-0.1, -0.05) is 50.6 Å². The normalized spacial score (nSPS) is 28.6. The van der Waals surface area contributed by atoms with E-state index in [0.717, 1.165) is 67.8 Å². The molecule has 0 N–H and O–H groups in total. The predicted octanol–water partition coefficient (Wildman–Crippen LogP) is 10.9. The van der Waals surface area contributed by atoms with Gasteiger partial charge in [-0.15, -0.1) is 0 Å². The molecule has 3 aliphatic rings. The van der Waals surface area contributed by atoms with Gasteiger partial charge in [-0.05, 0) is 137 Å². The first-order valence-corrected chi connectivity index (χ1v) is 15.7. The van der Waals surface area contributed by atoms with Crippen molar-refractivity contribution in [3.8, 4) is 5.75 Å². The summed E-state index contributed by atoms with van der Waals surface area (Å²) in [7, 11) is 0. The molecule has 1 nitrogen and oxygen atoms in total. The van der Waals surface area contributed by atoms with E-state index >= 15 is 0 Å². The lowest BCUT2D eigenvalue weighted by Crippen LogP contribution is -2.25. The fourth-order valence-electron chi connectivity index (χ4n) is 6.97. The Morgan fingerprint density at radius 3 is 2.18 bits per heavy atom. The average Bonchev–Trinajstić information content (AvgIpc) is 2.96. The van der Waals surface area contributed by atoms with Gasteiger partial charge < -0.3 is 4.74 Å². The molecule has 1 unspecified atom stereocenters. The van der Waals surface area contributed by atoms with Crippen LogP contribution in [0.25, 0.3) is 5.57 Å². The first-order chi connectivity index (χ1) is 18.6. The lowest BCUT2D eigenvalue weighted by Gasteiger charge is -2.37. The quantitative estimate of drug-likeness (QED) is 0.207. The summed E-state index contributed by atoms with van der Waals surface area (Å²) >= 11 is 0. The van der Waals surface area contributed by atoms with Gasteiger partial charge in [0.15, 0.2) is 11.6 Å². The summed E-state index contributed by atoms with van der Waals surface area (Å²) in [5.74, 6) is 2.49. The van der Waals surface area contributed by atoms with Gasteiger partial charge in [0.1, 0.15) is 0 Å². The maximum Gasteiger partial charge on any atom is 0.201 e. The summed E-state index contributed by atoms with van der Waals surface area (Å²) < 4.78 is 34.7. The molecule has 2 saturated carbocycles. The van der Waals surface area contributed by atoms with E-state index in [9.17, 15) is 8.78 Å². The van der Waals surface area contributed by atoms with Gasteiger partial charge in [0, 0.05) is 5.56 Å². The van der Waals surface area contributed by atoms with Gasteiger partial charge in [-0.25, -0.2) is 4.39 Å². The molecule has 210 valence electrons. The minimum Gasteiger partial charge on any atom is -0.490 e. The molecule has 0 amide bonds. The van der Waals surface area contributed by atoms with Crippen LogP contribution in [-0.2, 0) is 0 Å². The van der Waals surface area contributed by atoms with Crippen molar-refractivity contribution < 1.29 is 13.5 Å². The van der Waals surface area contributed by atoms with Crippen LogP contribution in [0.15, 0.2) is 42.5 Å². The predicted molar refractivity (Wildman–Crippen MR) is 156 cm³/mol. The first-order valence-electron chi connectivity index (χ1n) is 15.7. The van der Waals surface area contributed by atoms with Gasteiger partial charge in [0.25, 0.3) is 0 Å². The molecule has 4 rings (SSSR count). The third-order valence-electron chi connectivity index (χ3n) is 9.50. The molecule has 2 fully saturated rings. The highest BCUT2D eigenvalue weighted by Gasteiger charge is 2.30. The summed E-state index contributed by atoms with van der Waals surface area (Å²) in [6, 6.07) is 3.28. The van der Waals surface area contributed by atoms with Gasteiger partial charge in [0.2, 0.25) is 5.82 Å². The Morgan fingerprint density at radius 1 is 0.816 bits per heavy atom. The van der Waals surface area contributed by atoms with Gasteiger partial charge in [-0.2, -0.15) is 4.39 Å². The number of halogens is 2. The molecule has 0 heterocycles. The molecular weight excluding hydrogens is 474 g/mol. The second-order valence-corrected chi connectivity index (χ2v) is 12.2. The first kappa shape index (κ1) is 29.1. The summed E-state index contributed by atoms with van der Waals surface area (Å²) in [5.41, 5.74) is 1.33. The zero-order valence-corrected chi connectivity index (χ0v) is 23.9. The minimum atomic E-state index is -0.853. The molecule has 0 spiro atoms. The van der Waals surface area contributed by atoms with E-state index in [2.05, 4.69) is 37.3 Å². The third kappa shape index (κ3) is 8.06. The van der Waals surface area contributed by atoms with Gasteiger partial charge in [-0.3, -0.25) is 0 Å². The van der Waals surface area contributed by atoms with Crippen molar-refractivity contribution in [2.24, 2.45) is 29.6 Å². The van der Waals surface area contributed by atoms with Crippen molar-refractivity contribution in [1.82, 2.24) is 0 Å². The zero-order chi connectivity index (χ0) is 26.7. The van der Waals surface area contributed by atoms with E-state index in [0.29, 0.717) is 18.1 Å². The van der Waals surface area contributed by atoms with Crippen molar-refractivity contribution in [2.45, 2.75) is 110 Å². The van der Waals surface area contributed by atoms with E-state index < -0.39 is 11.6 Å². The number of allylic oxidation sites excluding steroid dienone is 6. The fourth-order valence-corrected chi connectivity index (χ4v) is 6.97. The zero-order valence-electron chi connectivity index (χ0n) is 23.9. The van der Waals surface area contributed by atoms with Crippen LogP contribution in [0, 0.1) is 41.2 Å². The Bertz CT molecular complexity index is 945. The summed E-state index contributed by atoms with van der Waals surface area (Å²) in [6.07, 6.45) is 30.0. The van der Waals surface area contributed by atoms with Crippen molar-refractivity contribution in [1.29, 1.82) is 0 Å². The topological polar surface area (TPSA) is 9.23 Å². The maximum atomic E-state index is 14.8. The van der Waals surface area contributed by atoms with Crippen LogP contribution in [0.1, 0.15) is 116 Å². The van der Waals surface area contributed by atoms with Crippen molar-refractivity contribution in [3.63, 3.8) is 0 Å². The lowest BCUT2D eigenvalue weighted by atomic mass is 9.68. The molecular formula is C35H50F2O. The molecule has 1 atom stereocenters. The number of ether oxygens (including phenoxy) is 1. The molecule has 38 heavy (non-hydrogen) atoms. The Labute approximate surface area is 230 Å². The lowest BCUT2D eigenvalue weighted by molar-refractivity contribution is 0.156. The second kappa shape index (κ2) is 15.0. The molecule has 0 saturated heterocycles. The summed E-state index contributed by atoms with van der Waals surface area (Å²) in [4.78, 5) is 0. The van der Waals surface area contributed by atoms with E-state index in [1.54, 1.807) is 12.1 Å². The number of rotatable bonds is 11. The highest BCUT2D eigenvalue weighted by atomic mass is 19.2. The Kier molecular flexibility index (Phi) is 11.5. The van der Waals surface area contributed by atoms with Crippen LogP contribution in [0.2, 0.25) is 0 Å². The van der Waals surface area contributed by atoms with E-state index in [1.807, 2.05) is 6.92 Å². The highest BCUT2D eigenvalue weighted by molar-refractivity contribution is 5.67. The third-order valence-corrected chi connectivity index (χ3v) is 9.50. The molecule has 3 heteroatoms. The molecule has 3 aliphatic carbocycles. The molecule has 0 bridgehead atoms. The van der Waals surface area contributed by atoms with Crippen LogP contribution in [0.4, 0.5) is 8.78 Å². The van der Waals surface area contributed by atoms with Crippen molar-refractivity contribution >= 4 is 5.57 Å².